The van der Waals surface area contributed by atoms with Gasteiger partial charge < -0.3 is 5.32 Å². The van der Waals surface area contributed by atoms with Crippen LogP contribution in [0.25, 0.3) is 0 Å². The number of halogens is 3. The normalized spacial score (nSPS) is 19.5. The van der Waals surface area contributed by atoms with Crippen LogP contribution in [0.4, 0.5) is 13.2 Å². The Morgan fingerprint density at radius 3 is 2.41 bits per heavy atom. The summed E-state index contributed by atoms with van der Waals surface area (Å²) in [5, 5.41) is 2.54. The summed E-state index contributed by atoms with van der Waals surface area (Å²) in [6, 6.07) is 0. The van der Waals surface area contributed by atoms with Crippen LogP contribution in [0.15, 0.2) is 0 Å². The first-order valence-corrected chi connectivity index (χ1v) is 7.74. The molecule has 1 fully saturated rings. The smallest absolute Gasteiger partial charge is 0.317 e. The maximum atomic E-state index is 11.8. The van der Waals surface area contributed by atoms with Crippen LogP contribution in [-0.2, 0) is 10.0 Å². The molecule has 17 heavy (non-hydrogen) atoms. The van der Waals surface area contributed by atoms with E-state index >= 15 is 0 Å². The third-order valence-corrected chi connectivity index (χ3v) is 5.09. The van der Waals surface area contributed by atoms with E-state index < -0.39 is 20.8 Å². The van der Waals surface area contributed by atoms with Crippen LogP contribution in [0.5, 0.6) is 0 Å². The highest BCUT2D eigenvalue weighted by molar-refractivity contribution is 8.00. The monoisotopic (exact) mass is 292 g/mol. The van der Waals surface area contributed by atoms with Gasteiger partial charge in [0.15, 0.2) is 0 Å². The van der Waals surface area contributed by atoms with Gasteiger partial charge in [-0.3, -0.25) is 0 Å². The van der Waals surface area contributed by atoms with Crippen molar-refractivity contribution in [1.29, 1.82) is 0 Å². The lowest BCUT2D eigenvalue weighted by Crippen LogP contribution is -2.42. The minimum Gasteiger partial charge on any atom is -0.317 e. The van der Waals surface area contributed by atoms with E-state index in [4.69, 9.17) is 0 Å². The summed E-state index contributed by atoms with van der Waals surface area (Å²) in [4.78, 5) is 0. The first kappa shape index (κ1) is 15.1. The Kier molecular flexibility index (Phi) is 5.55. The van der Waals surface area contributed by atoms with E-state index in [1.807, 2.05) is 0 Å². The Labute approximate surface area is 103 Å². The molecule has 0 aromatic carbocycles. The van der Waals surface area contributed by atoms with Crippen LogP contribution in [0.2, 0.25) is 0 Å². The van der Waals surface area contributed by atoms with Gasteiger partial charge in [-0.25, -0.2) is 13.1 Å². The topological polar surface area (TPSA) is 58.2 Å². The Balaban J connectivity index is 2.29. The number of alkyl halides is 3. The first-order chi connectivity index (χ1) is 7.81. The zero-order chi connectivity index (χ0) is 12.9. The molecule has 0 aliphatic carbocycles. The van der Waals surface area contributed by atoms with E-state index in [0.29, 0.717) is 25.9 Å². The fraction of sp³-hybridized carbons (Fsp3) is 1.00. The molecule has 2 N–H and O–H groups in total. The minimum atomic E-state index is -4.31. The van der Waals surface area contributed by atoms with Gasteiger partial charge in [-0.15, -0.1) is 0 Å². The number of nitrogens with one attached hydrogen (secondary N) is 2. The summed E-state index contributed by atoms with van der Waals surface area (Å²) in [5.41, 5.74) is -4.31. The number of rotatable bonds is 5. The maximum absolute atomic E-state index is 11.8. The summed E-state index contributed by atoms with van der Waals surface area (Å²) < 4.78 is 61.0. The molecular formula is C8H15F3N2O2S2. The lowest BCUT2D eigenvalue weighted by Gasteiger charge is -2.22. The molecule has 102 valence electrons. The lowest BCUT2D eigenvalue weighted by molar-refractivity contribution is -0.0327. The van der Waals surface area contributed by atoms with Crippen LogP contribution < -0.4 is 10.0 Å². The summed E-state index contributed by atoms with van der Waals surface area (Å²) in [5.74, 6) is -0.298. The Morgan fingerprint density at radius 1 is 1.29 bits per heavy atom. The number of hydrogen-bond donors (Lipinski definition) is 2. The second-order valence-corrected chi connectivity index (χ2v) is 6.89. The first-order valence-electron chi connectivity index (χ1n) is 5.21. The van der Waals surface area contributed by atoms with E-state index in [2.05, 4.69) is 10.0 Å². The highest BCUT2D eigenvalue weighted by atomic mass is 32.2. The number of thioether (sulfide) groups is 1. The molecule has 0 aromatic heterocycles. The fourth-order valence-electron chi connectivity index (χ4n) is 1.57. The predicted octanol–water partition coefficient (Wildman–Crippen LogP) is 0.911. The zero-order valence-corrected chi connectivity index (χ0v) is 10.7. The number of sulfonamides is 1. The fourth-order valence-corrected chi connectivity index (χ4v) is 3.62. The van der Waals surface area contributed by atoms with Crippen molar-refractivity contribution in [2.75, 3.05) is 25.4 Å². The third-order valence-electron chi connectivity index (χ3n) is 2.40. The molecule has 1 aliphatic rings. The molecule has 4 nitrogen and oxygen atoms in total. The quantitative estimate of drug-likeness (QED) is 0.740. The van der Waals surface area contributed by atoms with Gasteiger partial charge in [-0.2, -0.15) is 13.2 Å². The van der Waals surface area contributed by atoms with E-state index in [1.54, 1.807) is 0 Å². The van der Waals surface area contributed by atoms with E-state index in [0.717, 1.165) is 0 Å². The summed E-state index contributed by atoms with van der Waals surface area (Å²) in [7, 11) is -3.47. The van der Waals surface area contributed by atoms with Crippen LogP contribution >= 0.6 is 11.8 Å². The Bertz CT molecular complexity index is 326. The van der Waals surface area contributed by atoms with Gasteiger partial charge >= 0.3 is 5.51 Å². The van der Waals surface area contributed by atoms with E-state index in [9.17, 15) is 21.6 Å². The van der Waals surface area contributed by atoms with Crippen LogP contribution in [0.3, 0.4) is 0 Å². The molecule has 0 spiro atoms. The van der Waals surface area contributed by atoms with Crippen molar-refractivity contribution in [3.63, 3.8) is 0 Å². The molecule has 9 heteroatoms. The average Bonchev–Trinajstić information content (AvgIpc) is 2.25. The molecule has 1 heterocycles. The molecule has 1 saturated heterocycles. The molecule has 0 unspecified atom stereocenters. The largest absolute Gasteiger partial charge is 0.441 e. The Hall–Kier alpha value is 0.01000. The molecule has 0 bridgehead atoms. The third kappa shape index (κ3) is 5.94. The molecule has 0 atom stereocenters. The molecular weight excluding hydrogens is 277 g/mol. The Morgan fingerprint density at radius 2 is 1.88 bits per heavy atom. The molecule has 0 aromatic rings. The molecule has 0 saturated carbocycles. The van der Waals surface area contributed by atoms with Gasteiger partial charge in [0.05, 0.1) is 5.25 Å². The van der Waals surface area contributed by atoms with Crippen LogP contribution in [-0.4, -0.2) is 44.6 Å². The molecule has 1 rings (SSSR count). The van der Waals surface area contributed by atoms with Gasteiger partial charge in [0, 0.05) is 12.3 Å². The summed E-state index contributed by atoms with van der Waals surface area (Å²) in [6.45, 7) is 1.07. The summed E-state index contributed by atoms with van der Waals surface area (Å²) >= 11 is -0.218. The predicted molar refractivity (Wildman–Crippen MR) is 61.3 cm³/mol. The number of piperidine rings is 1. The van der Waals surface area contributed by atoms with Gasteiger partial charge in [0.25, 0.3) is 0 Å². The summed E-state index contributed by atoms with van der Waals surface area (Å²) in [6.07, 6.45) is 1.00. The second-order valence-electron chi connectivity index (χ2n) is 3.68. The van der Waals surface area contributed by atoms with Crippen molar-refractivity contribution in [3.05, 3.63) is 0 Å². The van der Waals surface area contributed by atoms with Crippen LogP contribution in [0.1, 0.15) is 12.8 Å². The van der Waals surface area contributed by atoms with Gasteiger partial charge in [-0.05, 0) is 37.7 Å². The standard InChI is InChI=1S/C8H15F3N2O2S2/c9-8(10,11)16-6-5-13-17(14,15)7-1-3-12-4-2-7/h7,12-13H,1-6H2. The van der Waals surface area contributed by atoms with E-state index in [-0.39, 0.29) is 24.1 Å². The van der Waals surface area contributed by atoms with Crippen molar-refractivity contribution in [1.82, 2.24) is 10.0 Å². The van der Waals surface area contributed by atoms with Crippen molar-refractivity contribution < 1.29 is 21.6 Å². The minimum absolute atomic E-state index is 0.184. The van der Waals surface area contributed by atoms with Gasteiger partial charge in [0.1, 0.15) is 0 Å². The zero-order valence-electron chi connectivity index (χ0n) is 9.09. The molecule has 1 aliphatic heterocycles. The lowest BCUT2D eigenvalue weighted by atomic mass is 10.2. The highest BCUT2D eigenvalue weighted by Gasteiger charge is 2.29. The van der Waals surface area contributed by atoms with Crippen molar-refractivity contribution >= 4 is 21.8 Å². The second kappa shape index (κ2) is 6.26. The van der Waals surface area contributed by atoms with Gasteiger partial charge in [0.2, 0.25) is 10.0 Å². The number of hydrogen-bond acceptors (Lipinski definition) is 4. The van der Waals surface area contributed by atoms with Crippen LogP contribution in [0, 0.1) is 0 Å². The average molecular weight is 292 g/mol. The maximum Gasteiger partial charge on any atom is 0.441 e. The van der Waals surface area contributed by atoms with Gasteiger partial charge in [-0.1, -0.05) is 0 Å². The molecule has 0 radical (unpaired) electrons. The van der Waals surface area contributed by atoms with E-state index in [1.165, 1.54) is 0 Å². The molecule has 0 amide bonds. The van der Waals surface area contributed by atoms with Crippen molar-refractivity contribution in [2.24, 2.45) is 0 Å². The SMILES string of the molecule is O=S(=O)(NCCSC(F)(F)F)C1CCNCC1. The van der Waals surface area contributed by atoms with Crippen molar-refractivity contribution in [3.8, 4) is 0 Å². The van der Waals surface area contributed by atoms with Crippen molar-refractivity contribution in [2.45, 2.75) is 23.6 Å². The highest BCUT2D eigenvalue weighted by Crippen LogP contribution is 2.29.